The number of aryl methyl sites for hydroxylation is 2. The summed E-state index contributed by atoms with van der Waals surface area (Å²) in [6.45, 7) is 3.61. The van der Waals surface area contributed by atoms with E-state index in [1.807, 2.05) is 30.5 Å². The maximum atomic E-state index is 13.2. The molecule has 1 N–H and O–H groups in total. The van der Waals surface area contributed by atoms with E-state index in [9.17, 15) is 9.59 Å². The molecule has 1 amide bonds. The third kappa shape index (κ3) is 3.07. The van der Waals surface area contributed by atoms with Crippen LogP contribution in [0.3, 0.4) is 0 Å². The first-order valence-electron chi connectivity index (χ1n) is 9.16. The largest absolute Gasteiger partial charge is 0.423 e. The molecule has 30 heavy (non-hydrogen) atoms. The van der Waals surface area contributed by atoms with Crippen LogP contribution < -0.4 is 10.9 Å². The summed E-state index contributed by atoms with van der Waals surface area (Å²) >= 11 is 1.52. The molecule has 0 aliphatic carbocycles. The number of rotatable bonds is 3. The highest BCUT2D eigenvalue weighted by Gasteiger charge is 2.20. The van der Waals surface area contributed by atoms with Crippen molar-refractivity contribution in [2.75, 3.05) is 5.32 Å². The summed E-state index contributed by atoms with van der Waals surface area (Å²) in [6.07, 6.45) is 0. The molecule has 0 fully saturated rings. The normalized spacial score (nSPS) is 11.3. The third-order valence-corrected chi connectivity index (χ3v) is 5.74. The van der Waals surface area contributed by atoms with Gasteiger partial charge in [-0.1, -0.05) is 11.2 Å². The molecule has 4 aromatic heterocycles. The first-order valence-corrected chi connectivity index (χ1v) is 10.0. The van der Waals surface area contributed by atoms with Crippen LogP contribution in [-0.4, -0.2) is 16.0 Å². The average molecular weight is 417 g/mol. The zero-order chi connectivity index (χ0) is 20.8. The Balaban J connectivity index is 1.58. The predicted molar refractivity (Wildman–Crippen MR) is 115 cm³/mol. The fraction of sp³-hybridized carbons (Fsp3) is 0.0909. The number of aromatic nitrogens is 2. The smallest absolute Gasteiger partial charge is 0.336 e. The number of carbonyl (C=O) groups is 1. The Hall–Kier alpha value is -3.78. The summed E-state index contributed by atoms with van der Waals surface area (Å²) in [5.41, 5.74) is 3.25. The maximum absolute atomic E-state index is 13.2. The number of hydrogen-bond donors (Lipinski definition) is 1. The lowest BCUT2D eigenvalue weighted by atomic mass is 10.1. The van der Waals surface area contributed by atoms with Crippen molar-refractivity contribution in [3.63, 3.8) is 0 Å². The number of nitrogens with zero attached hydrogens (tertiary/aromatic N) is 2. The predicted octanol–water partition coefficient (Wildman–Crippen LogP) is 4.93. The van der Waals surface area contributed by atoms with Gasteiger partial charge in [0.05, 0.1) is 27.2 Å². The Morgan fingerprint density at radius 3 is 2.80 bits per heavy atom. The van der Waals surface area contributed by atoms with Crippen LogP contribution in [0.25, 0.3) is 32.6 Å². The minimum absolute atomic E-state index is 0.309. The molecule has 0 unspecified atom stereocenters. The minimum Gasteiger partial charge on any atom is -0.423 e. The summed E-state index contributed by atoms with van der Waals surface area (Å²) in [4.78, 5) is 30.3. The molecule has 0 spiro atoms. The van der Waals surface area contributed by atoms with Gasteiger partial charge in [0.25, 0.3) is 11.6 Å². The lowest BCUT2D eigenvalue weighted by molar-refractivity contribution is 0.102. The lowest BCUT2D eigenvalue weighted by Gasteiger charge is -2.09. The van der Waals surface area contributed by atoms with Gasteiger partial charge in [0.2, 0.25) is 0 Å². The van der Waals surface area contributed by atoms with Crippen molar-refractivity contribution in [3.05, 3.63) is 75.1 Å². The van der Waals surface area contributed by atoms with E-state index in [4.69, 9.17) is 8.94 Å². The van der Waals surface area contributed by atoms with E-state index in [1.54, 1.807) is 25.1 Å². The van der Waals surface area contributed by atoms with Crippen LogP contribution in [0.2, 0.25) is 0 Å². The molecule has 7 nitrogen and oxygen atoms in total. The average Bonchev–Trinajstić information content (AvgIpc) is 3.37. The zero-order valence-electron chi connectivity index (χ0n) is 16.1. The number of hydrogen-bond acceptors (Lipinski definition) is 7. The molecule has 0 saturated heterocycles. The van der Waals surface area contributed by atoms with Gasteiger partial charge in [-0.05, 0) is 49.1 Å². The molecular weight excluding hydrogens is 402 g/mol. The standard InChI is InChI=1S/C22H15N3O4S/c1-11-8-19(26)28-17-9-13(5-6-14(11)17)23-21(27)15-10-16(18-4-3-7-30-18)24-22-20(15)12(2)25-29-22/h3-10H,1-2H3,(H,23,27). The second-order valence-corrected chi connectivity index (χ2v) is 7.84. The van der Waals surface area contributed by atoms with Crippen molar-refractivity contribution in [2.24, 2.45) is 0 Å². The molecule has 5 rings (SSSR count). The molecule has 0 atom stereocenters. The number of pyridine rings is 1. The lowest BCUT2D eigenvalue weighted by Crippen LogP contribution is -2.13. The number of anilines is 1. The number of carbonyl (C=O) groups excluding carboxylic acids is 1. The van der Waals surface area contributed by atoms with Gasteiger partial charge >= 0.3 is 5.63 Å². The summed E-state index contributed by atoms with van der Waals surface area (Å²) < 4.78 is 10.6. The summed E-state index contributed by atoms with van der Waals surface area (Å²) in [6, 6.07) is 12.2. The highest BCUT2D eigenvalue weighted by molar-refractivity contribution is 7.13. The molecule has 0 aliphatic rings. The quantitative estimate of drug-likeness (QED) is 0.418. The number of nitrogens with one attached hydrogen (secondary N) is 1. The Bertz CT molecular complexity index is 1480. The van der Waals surface area contributed by atoms with E-state index >= 15 is 0 Å². The monoisotopic (exact) mass is 417 g/mol. The van der Waals surface area contributed by atoms with Crippen molar-refractivity contribution in [3.8, 4) is 10.6 Å². The van der Waals surface area contributed by atoms with Crippen LogP contribution in [-0.2, 0) is 0 Å². The number of benzene rings is 1. The Morgan fingerprint density at radius 1 is 1.13 bits per heavy atom. The van der Waals surface area contributed by atoms with Gasteiger partial charge in [-0.15, -0.1) is 11.3 Å². The second kappa shape index (κ2) is 6.93. The summed E-state index contributed by atoms with van der Waals surface area (Å²) in [5.74, 6) is -0.333. The van der Waals surface area contributed by atoms with E-state index in [0.717, 1.165) is 15.8 Å². The van der Waals surface area contributed by atoms with E-state index in [2.05, 4.69) is 15.5 Å². The fourth-order valence-corrected chi connectivity index (χ4v) is 4.11. The molecule has 1 aromatic carbocycles. The van der Waals surface area contributed by atoms with Gasteiger partial charge in [0.15, 0.2) is 0 Å². The van der Waals surface area contributed by atoms with Gasteiger partial charge in [-0.3, -0.25) is 4.79 Å². The number of thiophene rings is 1. The Kier molecular flexibility index (Phi) is 4.22. The van der Waals surface area contributed by atoms with E-state index in [-0.39, 0.29) is 5.91 Å². The van der Waals surface area contributed by atoms with E-state index in [1.165, 1.54) is 17.4 Å². The molecular formula is C22H15N3O4S. The Labute approximate surface area is 174 Å². The van der Waals surface area contributed by atoms with Crippen LogP contribution in [0.15, 0.2) is 61.6 Å². The van der Waals surface area contributed by atoms with Gasteiger partial charge in [0.1, 0.15) is 5.58 Å². The molecule has 0 radical (unpaired) electrons. The SMILES string of the molecule is Cc1cc(=O)oc2cc(NC(=O)c3cc(-c4cccs4)nc4onc(C)c34)ccc12. The number of fused-ring (bicyclic) bond motifs is 2. The van der Waals surface area contributed by atoms with Gasteiger partial charge in [-0.2, -0.15) is 0 Å². The van der Waals surface area contributed by atoms with Crippen molar-refractivity contribution in [1.29, 1.82) is 0 Å². The van der Waals surface area contributed by atoms with Crippen molar-refractivity contribution >= 4 is 45.0 Å². The Morgan fingerprint density at radius 2 is 2.00 bits per heavy atom. The molecule has 5 aromatic rings. The van der Waals surface area contributed by atoms with E-state index in [0.29, 0.717) is 39.3 Å². The van der Waals surface area contributed by atoms with Crippen LogP contribution in [0.5, 0.6) is 0 Å². The molecule has 148 valence electrons. The summed E-state index contributed by atoms with van der Waals surface area (Å²) in [5, 5.41) is 10.2. The van der Waals surface area contributed by atoms with Crippen molar-refractivity contribution in [2.45, 2.75) is 13.8 Å². The molecule has 0 bridgehead atoms. The van der Waals surface area contributed by atoms with Crippen LogP contribution in [0.4, 0.5) is 5.69 Å². The second-order valence-electron chi connectivity index (χ2n) is 6.89. The highest BCUT2D eigenvalue weighted by Crippen LogP contribution is 2.30. The van der Waals surface area contributed by atoms with Gasteiger partial charge < -0.3 is 14.3 Å². The van der Waals surface area contributed by atoms with E-state index < -0.39 is 5.63 Å². The maximum Gasteiger partial charge on any atom is 0.336 e. The van der Waals surface area contributed by atoms with Gasteiger partial charge in [-0.25, -0.2) is 9.78 Å². The first-order chi connectivity index (χ1) is 14.5. The molecule has 4 heterocycles. The highest BCUT2D eigenvalue weighted by atomic mass is 32.1. The zero-order valence-corrected chi connectivity index (χ0v) is 16.9. The topological polar surface area (TPSA) is 98.2 Å². The first kappa shape index (κ1) is 18.3. The van der Waals surface area contributed by atoms with Gasteiger partial charge in [0, 0.05) is 23.2 Å². The number of amides is 1. The van der Waals surface area contributed by atoms with Crippen molar-refractivity contribution < 1.29 is 13.7 Å². The fourth-order valence-electron chi connectivity index (χ4n) is 3.43. The molecule has 0 saturated carbocycles. The van der Waals surface area contributed by atoms with Crippen molar-refractivity contribution in [1.82, 2.24) is 10.1 Å². The summed E-state index contributed by atoms with van der Waals surface area (Å²) in [7, 11) is 0. The van der Waals surface area contributed by atoms with Crippen LogP contribution in [0.1, 0.15) is 21.6 Å². The molecule has 0 aliphatic heterocycles. The van der Waals surface area contributed by atoms with Crippen LogP contribution >= 0.6 is 11.3 Å². The minimum atomic E-state index is -0.431. The van der Waals surface area contributed by atoms with Crippen LogP contribution in [0, 0.1) is 13.8 Å². The third-order valence-electron chi connectivity index (χ3n) is 4.84. The molecule has 8 heteroatoms.